The molecule has 0 aromatic rings. The maximum absolute atomic E-state index is 2.34. The lowest BCUT2D eigenvalue weighted by Gasteiger charge is -2.23. The van der Waals surface area contributed by atoms with Gasteiger partial charge in [-0.05, 0) is 18.8 Å². The van der Waals surface area contributed by atoms with Crippen molar-refractivity contribution in [1.29, 1.82) is 0 Å². The quantitative estimate of drug-likeness (QED) is 0.149. The van der Waals surface area contributed by atoms with Crippen molar-refractivity contribution in [3.63, 3.8) is 0 Å². The summed E-state index contributed by atoms with van der Waals surface area (Å²) < 4.78 is 1.12. The predicted octanol–water partition coefficient (Wildman–Crippen LogP) is 8.37. The molecule has 0 saturated carbocycles. The lowest BCUT2D eigenvalue weighted by atomic mass is 10.0. The zero-order valence-corrected chi connectivity index (χ0v) is 19.5. The number of rotatable bonds is 20. The molecule has 0 atom stereocenters. The largest absolute Gasteiger partial charge is 0.331 e. The molecule has 0 aliphatic rings. The van der Waals surface area contributed by atoms with Crippen LogP contribution in [0, 0.1) is 5.92 Å². The minimum atomic E-state index is 0.896. The van der Waals surface area contributed by atoms with E-state index in [2.05, 4.69) is 35.0 Å². The molecule has 1 heteroatoms. The van der Waals surface area contributed by atoms with Crippen LogP contribution in [0.1, 0.15) is 129 Å². The predicted molar refractivity (Wildman–Crippen MR) is 121 cm³/mol. The average Bonchev–Trinajstić information content (AvgIpc) is 2.55. The maximum Gasteiger partial charge on any atom is 0.0780 e. The van der Waals surface area contributed by atoms with Gasteiger partial charge in [0.1, 0.15) is 0 Å². The Balaban J connectivity index is 3.03. The minimum absolute atomic E-state index is 0.896. The summed E-state index contributed by atoms with van der Waals surface area (Å²) in [6.45, 7) is 6.02. The van der Waals surface area contributed by atoms with E-state index in [0.29, 0.717) is 0 Å². The first-order valence-electron chi connectivity index (χ1n) is 12.2. The topological polar surface area (TPSA) is 0 Å². The van der Waals surface area contributed by atoms with Crippen molar-refractivity contribution in [3.8, 4) is 0 Å². The normalized spacial score (nSPS) is 12.2. The summed E-state index contributed by atoms with van der Waals surface area (Å²) >= 11 is 0. The van der Waals surface area contributed by atoms with Crippen molar-refractivity contribution in [1.82, 2.24) is 0 Å². The summed E-state index contributed by atoms with van der Waals surface area (Å²) in [5.74, 6) is 0.896. The third-order valence-electron chi connectivity index (χ3n) is 5.61. The first kappa shape index (κ1) is 26.0. The molecule has 0 aliphatic heterocycles. The van der Waals surface area contributed by atoms with Gasteiger partial charge in [0.2, 0.25) is 0 Å². The number of quaternary nitrogens is 1. The zero-order chi connectivity index (χ0) is 19.5. The summed E-state index contributed by atoms with van der Waals surface area (Å²) in [5.41, 5.74) is 0. The fourth-order valence-corrected chi connectivity index (χ4v) is 3.79. The molecular weight excluding hydrogens is 314 g/mol. The van der Waals surface area contributed by atoms with Crippen LogP contribution in [0.25, 0.3) is 0 Å². The van der Waals surface area contributed by atoms with Crippen LogP contribution in [0.2, 0.25) is 0 Å². The van der Waals surface area contributed by atoms with E-state index >= 15 is 0 Å². The molecule has 0 aliphatic carbocycles. The van der Waals surface area contributed by atoms with E-state index in [-0.39, 0.29) is 0 Å². The highest BCUT2D eigenvalue weighted by atomic mass is 15.3. The van der Waals surface area contributed by atoms with Crippen molar-refractivity contribution < 1.29 is 4.48 Å². The van der Waals surface area contributed by atoms with Crippen molar-refractivity contribution in [2.75, 3.05) is 27.7 Å². The van der Waals surface area contributed by atoms with E-state index in [1.807, 2.05) is 0 Å². The van der Waals surface area contributed by atoms with E-state index < -0.39 is 0 Å². The van der Waals surface area contributed by atoms with Gasteiger partial charge in [0.25, 0.3) is 0 Å². The molecule has 0 unspecified atom stereocenters. The standard InChI is InChI=1S/C25H54N/c1-25(2)23-21-19-17-15-13-11-9-7-6-8-10-12-14-16-18-20-22-24-26(3,4)5/h25H,6-24H2,1-5H3/q+1. The summed E-state index contributed by atoms with van der Waals surface area (Å²) in [4.78, 5) is 0. The molecular formula is C25H54N+. The van der Waals surface area contributed by atoms with Crippen LogP contribution in [0.15, 0.2) is 0 Å². The van der Waals surface area contributed by atoms with Crippen LogP contribution in [-0.4, -0.2) is 32.2 Å². The minimum Gasteiger partial charge on any atom is -0.331 e. The third kappa shape index (κ3) is 24.0. The molecule has 158 valence electrons. The Morgan fingerprint density at radius 2 is 0.692 bits per heavy atom. The molecule has 0 heterocycles. The van der Waals surface area contributed by atoms with Crippen LogP contribution in [0.5, 0.6) is 0 Å². The average molecular weight is 369 g/mol. The zero-order valence-electron chi connectivity index (χ0n) is 19.5. The summed E-state index contributed by atoms with van der Waals surface area (Å²) in [6.07, 6.45) is 26.4. The Kier molecular flexibility index (Phi) is 18.3. The molecule has 0 radical (unpaired) electrons. The summed E-state index contributed by atoms with van der Waals surface area (Å²) in [7, 11) is 6.90. The van der Waals surface area contributed by atoms with Crippen molar-refractivity contribution in [2.24, 2.45) is 5.92 Å². The fraction of sp³-hybridized carbons (Fsp3) is 1.00. The van der Waals surface area contributed by atoms with E-state index in [1.165, 1.54) is 122 Å². The Hall–Kier alpha value is -0.0400. The van der Waals surface area contributed by atoms with Crippen molar-refractivity contribution in [2.45, 2.75) is 129 Å². The van der Waals surface area contributed by atoms with Gasteiger partial charge in [0.15, 0.2) is 0 Å². The molecule has 0 N–H and O–H groups in total. The second kappa shape index (κ2) is 18.3. The monoisotopic (exact) mass is 368 g/mol. The molecule has 0 fully saturated rings. The molecule has 0 aromatic carbocycles. The SMILES string of the molecule is CC(C)CCCCCCCCCCCCCCCCCCC[N+](C)(C)C. The molecule has 0 saturated heterocycles. The summed E-state index contributed by atoms with van der Waals surface area (Å²) in [5, 5.41) is 0. The van der Waals surface area contributed by atoms with Crippen LogP contribution in [-0.2, 0) is 0 Å². The third-order valence-corrected chi connectivity index (χ3v) is 5.61. The first-order valence-corrected chi connectivity index (χ1v) is 12.2. The van der Waals surface area contributed by atoms with Gasteiger partial charge in [0.05, 0.1) is 27.7 Å². The highest BCUT2D eigenvalue weighted by Gasteiger charge is 2.04. The lowest BCUT2D eigenvalue weighted by molar-refractivity contribution is -0.870. The number of hydrogen-bond donors (Lipinski definition) is 0. The van der Waals surface area contributed by atoms with Gasteiger partial charge in [-0.1, -0.05) is 117 Å². The highest BCUT2D eigenvalue weighted by Crippen LogP contribution is 2.15. The Labute approximate surface area is 167 Å². The Morgan fingerprint density at radius 3 is 0.962 bits per heavy atom. The molecule has 0 rings (SSSR count). The van der Waals surface area contributed by atoms with Gasteiger partial charge in [-0.15, -0.1) is 0 Å². The van der Waals surface area contributed by atoms with Crippen molar-refractivity contribution >= 4 is 0 Å². The van der Waals surface area contributed by atoms with Gasteiger partial charge < -0.3 is 4.48 Å². The van der Waals surface area contributed by atoms with Crippen LogP contribution in [0.4, 0.5) is 0 Å². The second-order valence-corrected chi connectivity index (χ2v) is 10.2. The van der Waals surface area contributed by atoms with Crippen LogP contribution < -0.4 is 0 Å². The molecule has 0 amide bonds. The first-order chi connectivity index (χ1) is 12.4. The van der Waals surface area contributed by atoms with E-state index in [1.54, 1.807) is 0 Å². The fourth-order valence-electron chi connectivity index (χ4n) is 3.79. The number of unbranched alkanes of at least 4 members (excludes halogenated alkanes) is 16. The van der Waals surface area contributed by atoms with Gasteiger partial charge in [-0.2, -0.15) is 0 Å². The van der Waals surface area contributed by atoms with Gasteiger partial charge >= 0.3 is 0 Å². The highest BCUT2D eigenvalue weighted by molar-refractivity contribution is 4.51. The smallest absolute Gasteiger partial charge is 0.0780 e. The molecule has 26 heavy (non-hydrogen) atoms. The summed E-state index contributed by atoms with van der Waals surface area (Å²) in [6, 6.07) is 0. The van der Waals surface area contributed by atoms with Crippen LogP contribution >= 0.6 is 0 Å². The second-order valence-electron chi connectivity index (χ2n) is 10.2. The van der Waals surface area contributed by atoms with E-state index in [0.717, 1.165) is 10.4 Å². The molecule has 0 aromatic heterocycles. The Morgan fingerprint density at radius 1 is 0.423 bits per heavy atom. The maximum atomic E-state index is 2.34. The lowest BCUT2D eigenvalue weighted by Crippen LogP contribution is -2.35. The molecule has 0 bridgehead atoms. The number of hydrogen-bond acceptors (Lipinski definition) is 0. The van der Waals surface area contributed by atoms with E-state index in [9.17, 15) is 0 Å². The van der Waals surface area contributed by atoms with Crippen LogP contribution in [0.3, 0.4) is 0 Å². The molecule has 0 spiro atoms. The number of nitrogens with zero attached hydrogens (tertiary/aromatic N) is 1. The van der Waals surface area contributed by atoms with Gasteiger partial charge in [-0.3, -0.25) is 0 Å². The Bertz CT molecular complexity index is 264. The van der Waals surface area contributed by atoms with E-state index in [4.69, 9.17) is 0 Å². The van der Waals surface area contributed by atoms with Gasteiger partial charge in [0, 0.05) is 0 Å². The van der Waals surface area contributed by atoms with Gasteiger partial charge in [-0.25, -0.2) is 0 Å². The molecule has 1 nitrogen and oxygen atoms in total. The van der Waals surface area contributed by atoms with Crippen molar-refractivity contribution in [3.05, 3.63) is 0 Å².